The van der Waals surface area contributed by atoms with E-state index in [1.54, 1.807) is 0 Å². The third-order valence-electron chi connectivity index (χ3n) is 3.00. The molecule has 0 saturated carbocycles. The summed E-state index contributed by atoms with van der Waals surface area (Å²) in [6.07, 6.45) is 0. The van der Waals surface area contributed by atoms with Crippen molar-refractivity contribution in [3.63, 3.8) is 0 Å². The number of benzene rings is 2. The summed E-state index contributed by atoms with van der Waals surface area (Å²) in [6.45, 7) is 3.80. The summed E-state index contributed by atoms with van der Waals surface area (Å²) in [6, 6.07) is 8.05. The number of anilines is 2. The molecule has 2 amide bonds. The Balaban J connectivity index is 2.20. The lowest BCUT2D eigenvalue weighted by molar-refractivity contribution is 0.262. The van der Waals surface area contributed by atoms with Gasteiger partial charge in [0.05, 0.1) is 10.7 Å². The van der Waals surface area contributed by atoms with Crippen LogP contribution < -0.4 is 10.6 Å². The number of phenolic OH excluding ortho intramolecular Hbond substituents is 1. The highest BCUT2D eigenvalue weighted by Gasteiger charge is 2.12. The molecule has 0 aliphatic heterocycles. The van der Waals surface area contributed by atoms with E-state index in [4.69, 9.17) is 23.2 Å². The van der Waals surface area contributed by atoms with Gasteiger partial charge in [0.15, 0.2) is 5.75 Å². The topological polar surface area (TPSA) is 61.4 Å². The lowest BCUT2D eigenvalue weighted by Crippen LogP contribution is -2.20. The fraction of sp³-hybridized carbons (Fsp3) is 0.133. The molecule has 21 heavy (non-hydrogen) atoms. The van der Waals surface area contributed by atoms with Gasteiger partial charge < -0.3 is 15.7 Å². The molecule has 0 unspecified atom stereocenters. The first-order valence-corrected chi connectivity index (χ1v) is 6.96. The molecular formula is C15H14Cl2N2O2. The lowest BCUT2D eigenvalue weighted by atomic mass is 10.1. The van der Waals surface area contributed by atoms with Crippen LogP contribution in [0.2, 0.25) is 10.0 Å². The van der Waals surface area contributed by atoms with Crippen molar-refractivity contribution >= 4 is 40.6 Å². The number of halogens is 2. The Morgan fingerprint density at radius 3 is 2.33 bits per heavy atom. The van der Waals surface area contributed by atoms with Crippen molar-refractivity contribution < 1.29 is 9.90 Å². The van der Waals surface area contributed by atoms with Gasteiger partial charge in [-0.1, -0.05) is 41.4 Å². The summed E-state index contributed by atoms with van der Waals surface area (Å²) < 4.78 is 0. The molecule has 4 nitrogen and oxygen atoms in total. The van der Waals surface area contributed by atoms with Crippen LogP contribution in [-0.2, 0) is 0 Å². The number of phenols is 1. The summed E-state index contributed by atoms with van der Waals surface area (Å²) in [5.74, 6) is -0.224. The summed E-state index contributed by atoms with van der Waals surface area (Å²) in [4.78, 5) is 12.0. The number of hydrogen-bond acceptors (Lipinski definition) is 2. The molecular weight excluding hydrogens is 311 g/mol. The fourth-order valence-corrected chi connectivity index (χ4v) is 2.43. The smallest absolute Gasteiger partial charge is 0.323 e. The molecule has 0 spiro atoms. The Labute approximate surface area is 132 Å². The van der Waals surface area contributed by atoms with E-state index in [1.165, 1.54) is 12.1 Å². The standard InChI is InChI=1S/C15H14Cl2N2O2/c1-8-4-3-5-9(2)13(8)19-15(21)18-12-7-10(16)6-11(17)14(12)20/h3-7,20H,1-2H3,(H2,18,19,21). The lowest BCUT2D eigenvalue weighted by Gasteiger charge is -2.13. The Morgan fingerprint density at radius 1 is 1.10 bits per heavy atom. The maximum absolute atomic E-state index is 12.0. The molecule has 3 N–H and O–H groups in total. The van der Waals surface area contributed by atoms with Crippen molar-refractivity contribution in [2.24, 2.45) is 0 Å². The number of urea groups is 1. The maximum atomic E-state index is 12.0. The molecule has 2 aromatic carbocycles. The van der Waals surface area contributed by atoms with E-state index in [-0.39, 0.29) is 16.5 Å². The number of aromatic hydroxyl groups is 1. The normalized spacial score (nSPS) is 10.3. The number of para-hydroxylation sites is 1. The minimum Gasteiger partial charge on any atom is -0.504 e. The Morgan fingerprint density at radius 2 is 1.71 bits per heavy atom. The Bertz CT molecular complexity index is 682. The first kappa shape index (κ1) is 15.5. The van der Waals surface area contributed by atoms with Crippen LogP contribution in [0.3, 0.4) is 0 Å². The van der Waals surface area contributed by atoms with Crippen molar-refractivity contribution in [2.75, 3.05) is 10.6 Å². The van der Waals surface area contributed by atoms with Crippen LogP contribution in [0.5, 0.6) is 5.75 Å². The predicted molar refractivity (Wildman–Crippen MR) is 86.7 cm³/mol. The molecule has 0 radical (unpaired) electrons. The van der Waals surface area contributed by atoms with Crippen molar-refractivity contribution in [3.8, 4) is 5.75 Å². The largest absolute Gasteiger partial charge is 0.504 e. The van der Waals surface area contributed by atoms with Gasteiger partial charge in [-0.3, -0.25) is 0 Å². The molecule has 0 heterocycles. The van der Waals surface area contributed by atoms with Crippen LogP contribution in [0.15, 0.2) is 30.3 Å². The highest BCUT2D eigenvalue weighted by atomic mass is 35.5. The summed E-state index contributed by atoms with van der Waals surface area (Å²) in [5, 5.41) is 15.5. The zero-order valence-corrected chi connectivity index (χ0v) is 13.0. The van der Waals surface area contributed by atoms with E-state index < -0.39 is 6.03 Å². The number of amides is 2. The number of nitrogens with one attached hydrogen (secondary N) is 2. The van der Waals surface area contributed by atoms with Crippen LogP contribution in [-0.4, -0.2) is 11.1 Å². The number of rotatable bonds is 2. The monoisotopic (exact) mass is 324 g/mol. The highest BCUT2D eigenvalue weighted by molar-refractivity contribution is 6.36. The molecule has 0 saturated heterocycles. The quantitative estimate of drug-likeness (QED) is 0.683. The fourth-order valence-electron chi connectivity index (χ4n) is 1.94. The van der Waals surface area contributed by atoms with Gasteiger partial charge in [0.2, 0.25) is 0 Å². The van der Waals surface area contributed by atoms with E-state index in [0.29, 0.717) is 5.02 Å². The molecule has 0 aromatic heterocycles. The molecule has 0 atom stereocenters. The Hall–Kier alpha value is -1.91. The average molecular weight is 325 g/mol. The van der Waals surface area contributed by atoms with Gasteiger partial charge in [-0.25, -0.2) is 4.79 Å². The molecule has 0 bridgehead atoms. The summed E-state index contributed by atoms with van der Waals surface area (Å²) >= 11 is 11.7. The van der Waals surface area contributed by atoms with Crippen LogP contribution >= 0.6 is 23.2 Å². The predicted octanol–water partition coefficient (Wildman–Crippen LogP) is 4.96. The van der Waals surface area contributed by atoms with Gasteiger partial charge in [-0.05, 0) is 37.1 Å². The SMILES string of the molecule is Cc1cccc(C)c1NC(=O)Nc1cc(Cl)cc(Cl)c1O. The third-order valence-corrected chi connectivity index (χ3v) is 3.50. The first-order valence-electron chi connectivity index (χ1n) is 6.20. The van der Waals surface area contributed by atoms with Gasteiger partial charge in [0.25, 0.3) is 0 Å². The van der Waals surface area contributed by atoms with Gasteiger partial charge in [0.1, 0.15) is 0 Å². The van der Waals surface area contributed by atoms with E-state index in [2.05, 4.69) is 10.6 Å². The first-order chi connectivity index (χ1) is 9.88. The molecule has 2 rings (SSSR count). The minimum absolute atomic E-state index is 0.0740. The number of aryl methyl sites for hydroxylation is 2. The van der Waals surface area contributed by atoms with Crippen LogP contribution in [0.4, 0.5) is 16.2 Å². The van der Waals surface area contributed by atoms with Crippen LogP contribution in [0.1, 0.15) is 11.1 Å². The molecule has 6 heteroatoms. The molecule has 0 aliphatic rings. The van der Waals surface area contributed by atoms with Crippen molar-refractivity contribution in [1.82, 2.24) is 0 Å². The zero-order valence-electron chi connectivity index (χ0n) is 11.5. The third kappa shape index (κ3) is 3.60. The van der Waals surface area contributed by atoms with Crippen LogP contribution in [0.25, 0.3) is 0 Å². The van der Waals surface area contributed by atoms with Gasteiger partial charge >= 0.3 is 6.03 Å². The average Bonchev–Trinajstić information content (AvgIpc) is 2.40. The van der Waals surface area contributed by atoms with Gasteiger partial charge in [-0.15, -0.1) is 0 Å². The van der Waals surface area contributed by atoms with Crippen molar-refractivity contribution in [3.05, 3.63) is 51.5 Å². The molecule has 110 valence electrons. The van der Waals surface area contributed by atoms with E-state index in [1.807, 2.05) is 32.0 Å². The number of carbonyl (C=O) groups excluding carboxylic acids is 1. The van der Waals surface area contributed by atoms with Gasteiger partial charge in [0, 0.05) is 10.7 Å². The highest BCUT2D eigenvalue weighted by Crippen LogP contribution is 2.35. The Kier molecular flexibility index (Phi) is 4.60. The van der Waals surface area contributed by atoms with E-state index >= 15 is 0 Å². The second-order valence-corrected chi connectivity index (χ2v) is 5.47. The molecule has 2 aromatic rings. The van der Waals surface area contributed by atoms with Crippen molar-refractivity contribution in [2.45, 2.75) is 13.8 Å². The second kappa shape index (κ2) is 6.24. The summed E-state index contributed by atoms with van der Waals surface area (Å²) in [5.41, 5.74) is 2.76. The molecule has 0 aliphatic carbocycles. The minimum atomic E-state index is -0.485. The van der Waals surface area contributed by atoms with Gasteiger partial charge in [-0.2, -0.15) is 0 Å². The van der Waals surface area contributed by atoms with Crippen molar-refractivity contribution in [1.29, 1.82) is 0 Å². The van der Waals surface area contributed by atoms with Crippen LogP contribution in [0, 0.1) is 13.8 Å². The maximum Gasteiger partial charge on any atom is 0.323 e. The van der Waals surface area contributed by atoms with E-state index in [0.717, 1.165) is 16.8 Å². The number of carbonyl (C=O) groups is 1. The second-order valence-electron chi connectivity index (χ2n) is 4.63. The summed E-state index contributed by atoms with van der Waals surface area (Å²) in [7, 11) is 0. The zero-order chi connectivity index (χ0) is 15.6. The molecule has 0 fully saturated rings. The number of hydrogen-bond donors (Lipinski definition) is 3. The van der Waals surface area contributed by atoms with E-state index in [9.17, 15) is 9.90 Å².